The second-order valence-corrected chi connectivity index (χ2v) is 4.88. The number of nitrogens with one attached hydrogen (secondary N) is 1. The van der Waals surface area contributed by atoms with E-state index in [9.17, 15) is 4.79 Å². The number of ether oxygens (including phenoxy) is 2. The van der Waals surface area contributed by atoms with E-state index in [4.69, 9.17) is 9.47 Å². The number of rotatable bonds is 3. The van der Waals surface area contributed by atoms with Gasteiger partial charge in [-0.15, -0.1) is 5.56 Å². The van der Waals surface area contributed by atoms with Crippen molar-refractivity contribution in [2.75, 3.05) is 14.2 Å². The molecule has 0 fully saturated rings. The Labute approximate surface area is 161 Å². The zero-order valence-electron chi connectivity index (χ0n) is 14.9. The number of fused-ring (bicyclic) bond motifs is 1. The summed E-state index contributed by atoms with van der Waals surface area (Å²) in [5.74, 6) is 1.43. The smallest absolute Gasteiger partial charge is 0.170 e. The average molecular weight is 512 g/mol. The zero-order valence-corrected chi connectivity index (χ0v) is 17.7. The van der Waals surface area contributed by atoms with Crippen LogP contribution in [0.15, 0.2) is 35.4 Å². The summed E-state index contributed by atoms with van der Waals surface area (Å²) in [6.45, 7) is 5.93. The van der Waals surface area contributed by atoms with Gasteiger partial charge in [0, 0.05) is 32.2 Å². The SMILES string of the molecule is CC.COc1cc(-c2[c-][nH]c(=O)c3ccncc23)cc(OC)c1C.[Re]. The minimum atomic E-state index is -0.188. The number of hydrogen-bond donors (Lipinski definition) is 1. The quantitative estimate of drug-likeness (QED) is 0.545. The molecule has 1 N–H and O–H groups in total. The summed E-state index contributed by atoms with van der Waals surface area (Å²) in [5, 5.41) is 1.31. The molecule has 0 unspecified atom stereocenters. The zero-order chi connectivity index (χ0) is 17.7. The van der Waals surface area contributed by atoms with Gasteiger partial charge in [0.25, 0.3) is 0 Å². The van der Waals surface area contributed by atoms with Gasteiger partial charge in [-0.1, -0.05) is 43.1 Å². The summed E-state index contributed by atoms with van der Waals surface area (Å²) in [6.07, 6.45) is 6.19. The van der Waals surface area contributed by atoms with E-state index in [2.05, 4.69) is 16.2 Å². The maximum atomic E-state index is 11.9. The van der Waals surface area contributed by atoms with Gasteiger partial charge in [0.05, 0.1) is 14.2 Å². The fourth-order valence-electron chi connectivity index (χ4n) is 2.50. The monoisotopic (exact) mass is 512 g/mol. The Bertz CT molecular complexity index is 882. The summed E-state index contributed by atoms with van der Waals surface area (Å²) >= 11 is 0. The van der Waals surface area contributed by atoms with E-state index in [1.54, 1.807) is 32.7 Å². The minimum absolute atomic E-state index is 0. The van der Waals surface area contributed by atoms with Gasteiger partial charge in [-0.2, -0.15) is 0 Å². The summed E-state index contributed by atoms with van der Waals surface area (Å²) < 4.78 is 10.8. The molecule has 0 saturated heterocycles. The van der Waals surface area contributed by atoms with Crippen LogP contribution in [0.4, 0.5) is 0 Å². The molecular weight excluding hydrogens is 490 g/mol. The average Bonchev–Trinajstić information content (AvgIpc) is 2.64. The predicted octanol–water partition coefficient (Wildman–Crippen LogP) is 3.74. The molecule has 2 aromatic heterocycles. The molecule has 0 aliphatic heterocycles. The van der Waals surface area contributed by atoms with Crippen LogP contribution in [0.5, 0.6) is 11.5 Å². The molecule has 0 saturated carbocycles. The minimum Gasteiger partial charge on any atom is -0.497 e. The fourth-order valence-corrected chi connectivity index (χ4v) is 2.50. The molecule has 0 bridgehead atoms. The molecule has 0 amide bonds. The van der Waals surface area contributed by atoms with Crippen molar-refractivity contribution in [1.82, 2.24) is 9.97 Å². The first-order chi connectivity index (χ1) is 11.7. The molecule has 1 radical (unpaired) electrons. The molecule has 0 aliphatic rings. The molecule has 3 aromatic rings. The van der Waals surface area contributed by atoms with Crippen LogP contribution < -0.4 is 15.0 Å². The van der Waals surface area contributed by atoms with E-state index in [-0.39, 0.29) is 26.0 Å². The van der Waals surface area contributed by atoms with Crippen molar-refractivity contribution in [2.45, 2.75) is 20.8 Å². The van der Waals surface area contributed by atoms with E-state index in [1.165, 1.54) is 0 Å². The predicted molar refractivity (Wildman–Crippen MR) is 95.8 cm³/mol. The molecule has 1 aromatic carbocycles. The number of pyridine rings is 2. The Hall–Kier alpha value is -2.16. The van der Waals surface area contributed by atoms with Crippen molar-refractivity contribution in [2.24, 2.45) is 0 Å². The van der Waals surface area contributed by atoms with Crippen LogP contribution in [0.3, 0.4) is 0 Å². The van der Waals surface area contributed by atoms with Crippen LogP contribution in [-0.4, -0.2) is 24.2 Å². The van der Waals surface area contributed by atoms with Gasteiger partial charge in [-0.3, -0.25) is 4.98 Å². The first-order valence-electron chi connectivity index (χ1n) is 7.76. The van der Waals surface area contributed by atoms with Gasteiger partial charge in [0.15, 0.2) is 5.56 Å². The van der Waals surface area contributed by atoms with Gasteiger partial charge in [-0.25, -0.2) is 0 Å². The topological polar surface area (TPSA) is 64.2 Å². The number of aromatic amines is 1. The van der Waals surface area contributed by atoms with Crippen molar-refractivity contribution in [3.05, 3.63) is 52.7 Å². The number of H-pyrrole nitrogens is 1. The van der Waals surface area contributed by atoms with Crippen LogP contribution in [-0.2, 0) is 20.4 Å². The van der Waals surface area contributed by atoms with Crippen LogP contribution in [0, 0.1) is 13.1 Å². The van der Waals surface area contributed by atoms with Crippen molar-refractivity contribution < 1.29 is 29.9 Å². The molecule has 3 rings (SSSR count). The second-order valence-electron chi connectivity index (χ2n) is 4.88. The van der Waals surface area contributed by atoms with Crippen LogP contribution >= 0.6 is 0 Å². The van der Waals surface area contributed by atoms with E-state index in [0.717, 1.165) is 22.1 Å². The van der Waals surface area contributed by atoms with Crippen molar-refractivity contribution in [1.29, 1.82) is 0 Å². The Balaban J connectivity index is 0.00000101. The van der Waals surface area contributed by atoms with Gasteiger partial charge >= 0.3 is 0 Å². The molecular formula is C19H21N2O3Re-. The van der Waals surface area contributed by atoms with Crippen molar-refractivity contribution in [3.63, 3.8) is 0 Å². The molecule has 133 valence electrons. The third-order valence-electron chi connectivity index (χ3n) is 3.68. The third kappa shape index (κ3) is 4.09. The molecule has 5 nitrogen and oxygen atoms in total. The van der Waals surface area contributed by atoms with Gasteiger partial charge < -0.3 is 19.3 Å². The number of methoxy groups -OCH3 is 2. The normalized spacial score (nSPS) is 9.64. The maximum absolute atomic E-state index is 11.9. The number of hydrogen-bond acceptors (Lipinski definition) is 4. The molecule has 0 atom stereocenters. The van der Waals surface area contributed by atoms with Gasteiger partial charge in [-0.05, 0) is 24.6 Å². The molecule has 6 heteroatoms. The van der Waals surface area contributed by atoms with Crippen LogP contribution in [0.25, 0.3) is 21.9 Å². The van der Waals surface area contributed by atoms with Crippen LogP contribution in [0.1, 0.15) is 19.4 Å². The van der Waals surface area contributed by atoms with Crippen molar-refractivity contribution in [3.8, 4) is 22.6 Å². The number of benzene rings is 1. The second kappa shape index (κ2) is 9.36. The molecule has 0 aliphatic carbocycles. The summed E-state index contributed by atoms with van der Waals surface area (Å²) in [4.78, 5) is 18.6. The Morgan fingerprint density at radius 2 is 1.68 bits per heavy atom. The van der Waals surface area contributed by atoms with Crippen molar-refractivity contribution >= 4 is 10.8 Å². The Kier molecular flexibility index (Phi) is 7.82. The standard InChI is InChI=1S/C17H15N2O3.C2H6.Re/c1-10-15(21-2)6-11(7-16(10)22-3)13-9-19-17(20)12-4-5-18-8-14(12)13;1-2;/h4-8H,1-3H3,(H,19,20);1-2H3;/q-1;;. The molecule has 25 heavy (non-hydrogen) atoms. The summed E-state index contributed by atoms with van der Waals surface area (Å²) in [7, 11) is 3.23. The molecule has 2 heterocycles. The maximum Gasteiger partial charge on any atom is 0.170 e. The van der Waals surface area contributed by atoms with Crippen LogP contribution in [0.2, 0.25) is 0 Å². The van der Waals surface area contributed by atoms with Gasteiger partial charge in [0.2, 0.25) is 0 Å². The number of aromatic nitrogens is 2. The van der Waals surface area contributed by atoms with Gasteiger partial charge in [0.1, 0.15) is 11.5 Å². The largest absolute Gasteiger partial charge is 0.497 e. The van der Waals surface area contributed by atoms with E-state index in [1.807, 2.05) is 32.9 Å². The molecule has 0 spiro atoms. The van der Waals surface area contributed by atoms with E-state index in [0.29, 0.717) is 16.9 Å². The summed E-state index contributed by atoms with van der Waals surface area (Å²) in [6, 6.07) is 5.48. The Morgan fingerprint density at radius 3 is 2.24 bits per heavy atom. The fraction of sp³-hybridized carbons (Fsp3) is 0.263. The van der Waals surface area contributed by atoms with E-state index < -0.39 is 0 Å². The number of nitrogens with zero attached hydrogens (tertiary/aromatic N) is 1. The Morgan fingerprint density at radius 1 is 1.08 bits per heavy atom. The summed E-state index contributed by atoms with van der Waals surface area (Å²) in [5.41, 5.74) is 2.32. The first kappa shape index (κ1) is 20.9. The first-order valence-corrected chi connectivity index (χ1v) is 7.76. The van der Waals surface area contributed by atoms with E-state index >= 15 is 0 Å². The third-order valence-corrected chi connectivity index (χ3v) is 3.68.